The van der Waals surface area contributed by atoms with Crippen LogP contribution >= 0.6 is 23.2 Å². The Morgan fingerprint density at radius 2 is 1.96 bits per heavy atom. The van der Waals surface area contributed by atoms with E-state index in [1.54, 1.807) is 18.2 Å². The second-order valence-electron chi connectivity index (χ2n) is 6.95. The number of hydrogen-bond donors (Lipinski definition) is 2. The quantitative estimate of drug-likeness (QED) is 0.748. The molecule has 2 unspecified atom stereocenters. The zero-order valence-corrected chi connectivity index (χ0v) is 16.3. The van der Waals surface area contributed by atoms with Crippen molar-refractivity contribution in [3.8, 4) is 18.2 Å². The number of nitriles is 3. The van der Waals surface area contributed by atoms with Crippen LogP contribution in [0.3, 0.4) is 0 Å². The van der Waals surface area contributed by atoms with E-state index in [-0.39, 0.29) is 11.6 Å². The number of likely N-dealkylation sites (N-methyl/N-ethyl adjacent to an activating group) is 1. The summed E-state index contributed by atoms with van der Waals surface area (Å²) in [6.45, 7) is 4.39. The van der Waals surface area contributed by atoms with E-state index in [1.165, 1.54) is 4.90 Å². The van der Waals surface area contributed by atoms with Crippen LogP contribution in [0.25, 0.3) is 0 Å². The Labute approximate surface area is 168 Å². The van der Waals surface area contributed by atoms with Crippen molar-refractivity contribution < 1.29 is 4.90 Å². The van der Waals surface area contributed by atoms with E-state index < -0.39 is 17.3 Å². The zero-order valence-electron chi connectivity index (χ0n) is 14.8. The fraction of sp³-hybridized carbons (Fsp3) is 0.400. The van der Waals surface area contributed by atoms with Gasteiger partial charge in [0.25, 0.3) is 0 Å². The lowest BCUT2D eigenvalue weighted by Gasteiger charge is -2.46. The number of benzene rings is 1. The van der Waals surface area contributed by atoms with Gasteiger partial charge in [-0.3, -0.25) is 0 Å². The van der Waals surface area contributed by atoms with E-state index in [0.717, 1.165) is 18.7 Å². The molecule has 1 fully saturated rings. The molecule has 0 aromatic heterocycles. The normalized spacial score (nSPS) is 28.9. The lowest BCUT2D eigenvalue weighted by Crippen LogP contribution is -3.13. The Bertz CT molecular complexity index is 933. The molecule has 0 saturated heterocycles. The van der Waals surface area contributed by atoms with Gasteiger partial charge in [0, 0.05) is 11.8 Å². The average Bonchev–Trinajstić information content (AvgIpc) is 2.69. The summed E-state index contributed by atoms with van der Waals surface area (Å²) in [7, 11) is 0. The second kappa shape index (κ2) is 7.34. The van der Waals surface area contributed by atoms with Crippen molar-refractivity contribution in [2.75, 3.05) is 19.6 Å². The maximum absolute atomic E-state index is 10.0. The van der Waals surface area contributed by atoms with E-state index in [2.05, 4.69) is 25.1 Å². The van der Waals surface area contributed by atoms with Crippen LogP contribution < -0.4 is 4.90 Å². The Morgan fingerprint density at radius 3 is 2.56 bits per heavy atom. The molecule has 1 saturated carbocycles. The molecule has 2 aliphatic rings. The van der Waals surface area contributed by atoms with Gasteiger partial charge in [0.15, 0.2) is 5.41 Å². The molecule has 4 atom stereocenters. The van der Waals surface area contributed by atoms with Gasteiger partial charge in [-0.05, 0) is 30.2 Å². The number of nitrogens with one attached hydrogen (secondary N) is 2. The molecular weight excluding hydrogens is 381 g/mol. The van der Waals surface area contributed by atoms with Crippen LogP contribution in [0.1, 0.15) is 18.4 Å². The summed E-state index contributed by atoms with van der Waals surface area (Å²) < 4.78 is 0. The molecule has 1 aliphatic heterocycles. The molecule has 0 bridgehead atoms. The molecule has 0 amide bonds. The lowest BCUT2D eigenvalue weighted by molar-refractivity contribution is -0.897. The molecule has 0 radical (unpaired) electrons. The maximum atomic E-state index is 10.0. The van der Waals surface area contributed by atoms with E-state index >= 15 is 0 Å². The summed E-state index contributed by atoms with van der Waals surface area (Å²) in [6.07, 6.45) is 2.00. The van der Waals surface area contributed by atoms with Crippen molar-refractivity contribution in [2.45, 2.75) is 12.8 Å². The van der Waals surface area contributed by atoms with E-state index in [1.807, 2.05) is 6.08 Å². The Morgan fingerprint density at radius 1 is 1.26 bits per heavy atom. The summed E-state index contributed by atoms with van der Waals surface area (Å²) in [4.78, 5) is 1.29. The fourth-order valence-corrected chi connectivity index (χ4v) is 4.78. The average molecular weight is 399 g/mol. The van der Waals surface area contributed by atoms with Crippen molar-refractivity contribution in [1.82, 2.24) is 0 Å². The van der Waals surface area contributed by atoms with Crippen molar-refractivity contribution in [3.63, 3.8) is 0 Å². The Kier molecular flexibility index (Phi) is 5.27. The Balaban J connectivity index is 2.31. The van der Waals surface area contributed by atoms with Crippen molar-refractivity contribution in [1.29, 1.82) is 21.2 Å². The summed E-state index contributed by atoms with van der Waals surface area (Å²) in [6, 6.07) is 11.4. The smallest absolute Gasteiger partial charge is 0.190 e. The minimum absolute atomic E-state index is 0.168. The number of rotatable bonds is 2. The van der Waals surface area contributed by atoms with Gasteiger partial charge in [0.1, 0.15) is 5.92 Å². The van der Waals surface area contributed by atoms with Crippen LogP contribution in [-0.4, -0.2) is 25.3 Å². The third kappa shape index (κ3) is 2.82. The predicted octanol–water partition coefficient (Wildman–Crippen LogP) is 2.74. The minimum atomic E-state index is -1.76. The number of nitrogens with zero attached hydrogens (tertiary/aromatic N) is 3. The molecule has 1 aromatic rings. The van der Waals surface area contributed by atoms with Gasteiger partial charge >= 0.3 is 0 Å². The molecule has 1 heterocycles. The molecular formula is C20H18Cl2N5+. The molecule has 3 rings (SSSR count). The summed E-state index contributed by atoms with van der Waals surface area (Å²) in [5, 5.41) is 38.9. The van der Waals surface area contributed by atoms with Crippen molar-refractivity contribution >= 4 is 28.9 Å². The first-order valence-electron chi connectivity index (χ1n) is 8.73. The van der Waals surface area contributed by atoms with Gasteiger partial charge in [0.2, 0.25) is 0 Å². The first-order chi connectivity index (χ1) is 12.9. The largest absolute Gasteiger partial charge is 0.331 e. The SMILES string of the molecule is CC[NH+]1CC=C2C(C#N)C(=N)C(C#N)(C#N)[C@@H](c3cccc(Cl)c3Cl)[C@@H]2C1. The van der Waals surface area contributed by atoms with Crippen LogP contribution in [0, 0.1) is 56.7 Å². The number of hydrogen-bond acceptors (Lipinski definition) is 4. The Hall–Kier alpha value is -2.36. The molecule has 27 heavy (non-hydrogen) atoms. The number of fused-ring (bicyclic) bond motifs is 1. The minimum Gasteiger partial charge on any atom is -0.331 e. The van der Waals surface area contributed by atoms with Gasteiger partial charge in [-0.25, -0.2) is 0 Å². The first-order valence-corrected chi connectivity index (χ1v) is 9.49. The molecule has 7 heteroatoms. The highest BCUT2D eigenvalue weighted by atomic mass is 35.5. The number of halogens is 2. The molecule has 1 aliphatic carbocycles. The lowest BCUT2D eigenvalue weighted by atomic mass is 9.54. The van der Waals surface area contributed by atoms with Gasteiger partial charge in [-0.1, -0.05) is 35.3 Å². The standard InChI is InChI=1S/C20H17Cl2N5/c1-2-27-7-6-12-14(8-23)19(26)20(10-24,11-25)17(15(12)9-27)13-4-3-5-16(21)18(13)22/h3-6,14-15,17,26H,2,7,9H2,1H3/p+1/t14?,15-,17+/m1/s1. The molecule has 1 aromatic carbocycles. The first kappa shape index (κ1) is 19.4. The molecule has 2 N–H and O–H groups in total. The van der Waals surface area contributed by atoms with E-state index in [0.29, 0.717) is 22.2 Å². The van der Waals surface area contributed by atoms with Crippen LogP contribution in [0.2, 0.25) is 10.0 Å². The zero-order chi connectivity index (χ0) is 19.8. The summed E-state index contributed by atoms with van der Waals surface area (Å²) >= 11 is 12.7. The van der Waals surface area contributed by atoms with Crippen LogP contribution in [0.5, 0.6) is 0 Å². The molecule has 0 spiro atoms. The molecule has 5 nitrogen and oxygen atoms in total. The monoisotopic (exact) mass is 398 g/mol. The molecule has 136 valence electrons. The summed E-state index contributed by atoms with van der Waals surface area (Å²) in [5.41, 5.74) is -0.519. The van der Waals surface area contributed by atoms with Crippen molar-refractivity contribution in [2.24, 2.45) is 17.3 Å². The van der Waals surface area contributed by atoms with Gasteiger partial charge in [0.05, 0.1) is 53.6 Å². The van der Waals surface area contributed by atoms with E-state index in [4.69, 9.17) is 28.6 Å². The van der Waals surface area contributed by atoms with Crippen molar-refractivity contribution in [3.05, 3.63) is 45.5 Å². The highest BCUT2D eigenvalue weighted by Gasteiger charge is 2.59. The number of quaternary nitrogens is 1. The summed E-state index contributed by atoms with van der Waals surface area (Å²) in [5.74, 6) is -1.74. The third-order valence-electron chi connectivity index (χ3n) is 5.78. The van der Waals surface area contributed by atoms with Crippen LogP contribution in [0.4, 0.5) is 0 Å². The van der Waals surface area contributed by atoms with Gasteiger partial charge < -0.3 is 10.3 Å². The van der Waals surface area contributed by atoms with Gasteiger partial charge in [-0.2, -0.15) is 15.8 Å². The topological polar surface area (TPSA) is 99.7 Å². The van der Waals surface area contributed by atoms with Gasteiger partial charge in [-0.15, -0.1) is 0 Å². The van der Waals surface area contributed by atoms with Crippen LogP contribution in [0.15, 0.2) is 29.8 Å². The second-order valence-corrected chi connectivity index (χ2v) is 7.74. The van der Waals surface area contributed by atoms with E-state index in [9.17, 15) is 15.8 Å². The van der Waals surface area contributed by atoms with Crippen LogP contribution in [-0.2, 0) is 0 Å². The maximum Gasteiger partial charge on any atom is 0.190 e. The third-order valence-corrected chi connectivity index (χ3v) is 6.61. The fourth-order valence-electron chi connectivity index (χ4n) is 4.35. The highest BCUT2D eigenvalue weighted by Crippen LogP contribution is 2.54. The highest BCUT2D eigenvalue weighted by molar-refractivity contribution is 6.42. The predicted molar refractivity (Wildman–Crippen MR) is 103 cm³/mol.